The molecule has 0 heterocycles. The molecule has 3 nitrogen and oxygen atoms in total. The van der Waals surface area contributed by atoms with E-state index >= 15 is 0 Å². The third-order valence-corrected chi connectivity index (χ3v) is 3.17. The van der Waals surface area contributed by atoms with Gasteiger partial charge in [0.15, 0.2) is 0 Å². The quantitative estimate of drug-likeness (QED) is 0.822. The van der Waals surface area contributed by atoms with Gasteiger partial charge in [-0.3, -0.25) is 4.79 Å². The van der Waals surface area contributed by atoms with Crippen molar-refractivity contribution in [3.8, 4) is 0 Å². The molecule has 0 bridgehead atoms. The van der Waals surface area contributed by atoms with Gasteiger partial charge in [0.2, 0.25) is 0 Å². The molecule has 0 aliphatic carbocycles. The van der Waals surface area contributed by atoms with Gasteiger partial charge in [0.25, 0.3) is 0 Å². The maximum absolute atomic E-state index is 11.1. The summed E-state index contributed by atoms with van der Waals surface area (Å²) in [6.45, 7) is 4.47. The number of rotatable bonds is 6. The number of aliphatic carboxylic acids is 1. The van der Waals surface area contributed by atoms with Crippen molar-refractivity contribution in [2.75, 3.05) is 0 Å². The smallest absolute Gasteiger partial charge is 0.320 e. The molecule has 17 heavy (non-hydrogen) atoms. The summed E-state index contributed by atoms with van der Waals surface area (Å²) in [4.78, 5) is 11.1. The van der Waals surface area contributed by atoms with Crippen LogP contribution in [-0.2, 0) is 11.3 Å². The predicted octanol–water partition coefficient (Wildman–Crippen LogP) is 2.93. The molecule has 0 saturated heterocycles. The zero-order valence-electron chi connectivity index (χ0n) is 10.1. The normalized spacial score (nSPS) is 14.3. The van der Waals surface area contributed by atoms with E-state index < -0.39 is 12.0 Å². The van der Waals surface area contributed by atoms with Gasteiger partial charge < -0.3 is 10.4 Å². The zero-order chi connectivity index (χ0) is 12.8. The second-order valence-electron chi connectivity index (χ2n) is 4.21. The molecule has 1 rings (SSSR count). The molecule has 2 unspecified atom stereocenters. The van der Waals surface area contributed by atoms with Gasteiger partial charge in [-0.2, -0.15) is 0 Å². The minimum atomic E-state index is -0.798. The summed E-state index contributed by atoms with van der Waals surface area (Å²) in [6.07, 6.45) is 0.838. The third kappa shape index (κ3) is 4.36. The highest BCUT2D eigenvalue weighted by Gasteiger charge is 2.22. The summed E-state index contributed by atoms with van der Waals surface area (Å²) in [6, 6.07) is 6.89. The lowest BCUT2D eigenvalue weighted by Gasteiger charge is -2.20. The van der Waals surface area contributed by atoms with Gasteiger partial charge in [0.1, 0.15) is 6.04 Å². The van der Waals surface area contributed by atoms with E-state index in [0.29, 0.717) is 11.6 Å². The first kappa shape index (κ1) is 14.0. The topological polar surface area (TPSA) is 49.3 Å². The average molecular weight is 256 g/mol. The van der Waals surface area contributed by atoms with Crippen molar-refractivity contribution in [1.29, 1.82) is 0 Å². The van der Waals surface area contributed by atoms with Crippen molar-refractivity contribution in [1.82, 2.24) is 5.32 Å². The van der Waals surface area contributed by atoms with Crippen LogP contribution < -0.4 is 5.32 Å². The molecule has 0 radical (unpaired) electrons. The Hall–Kier alpha value is -1.06. The number of hydrogen-bond acceptors (Lipinski definition) is 2. The number of nitrogens with one attached hydrogen (secondary N) is 1. The lowest BCUT2D eigenvalue weighted by Crippen LogP contribution is -2.41. The van der Waals surface area contributed by atoms with Crippen molar-refractivity contribution >= 4 is 17.6 Å². The molecule has 0 aromatic heterocycles. The Morgan fingerprint density at radius 3 is 2.47 bits per heavy atom. The van der Waals surface area contributed by atoms with E-state index in [4.69, 9.17) is 16.7 Å². The molecule has 2 N–H and O–H groups in total. The Kier molecular flexibility index (Phi) is 5.45. The van der Waals surface area contributed by atoms with Crippen LogP contribution in [-0.4, -0.2) is 17.1 Å². The van der Waals surface area contributed by atoms with Gasteiger partial charge >= 0.3 is 5.97 Å². The number of carboxylic acids is 1. The van der Waals surface area contributed by atoms with Crippen LogP contribution in [0.5, 0.6) is 0 Å². The lowest BCUT2D eigenvalue weighted by atomic mass is 9.99. The Morgan fingerprint density at radius 1 is 1.41 bits per heavy atom. The minimum absolute atomic E-state index is 0.111. The predicted molar refractivity (Wildman–Crippen MR) is 69.2 cm³/mol. The first-order chi connectivity index (χ1) is 8.04. The highest BCUT2D eigenvalue weighted by atomic mass is 35.5. The van der Waals surface area contributed by atoms with Crippen LogP contribution in [0.25, 0.3) is 0 Å². The monoisotopic (exact) mass is 255 g/mol. The summed E-state index contributed by atoms with van der Waals surface area (Å²) >= 11 is 5.78. The van der Waals surface area contributed by atoms with Crippen molar-refractivity contribution in [3.05, 3.63) is 34.9 Å². The van der Waals surface area contributed by atoms with Gasteiger partial charge in [0, 0.05) is 11.6 Å². The molecule has 0 fully saturated rings. The maximum Gasteiger partial charge on any atom is 0.320 e. The second-order valence-corrected chi connectivity index (χ2v) is 4.65. The average Bonchev–Trinajstić information content (AvgIpc) is 2.31. The van der Waals surface area contributed by atoms with Crippen molar-refractivity contribution in [2.45, 2.75) is 32.9 Å². The first-order valence-corrected chi connectivity index (χ1v) is 6.13. The fourth-order valence-electron chi connectivity index (χ4n) is 1.60. The van der Waals surface area contributed by atoms with E-state index in [1.54, 1.807) is 12.1 Å². The molecular formula is C13H18ClNO2. The van der Waals surface area contributed by atoms with Gasteiger partial charge in [-0.25, -0.2) is 0 Å². The third-order valence-electron chi connectivity index (χ3n) is 2.92. The van der Waals surface area contributed by atoms with Crippen LogP contribution in [0.1, 0.15) is 25.8 Å². The molecule has 2 atom stereocenters. The number of benzene rings is 1. The zero-order valence-corrected chi connectivity index (χ0v) is 10.9. The summed E-state index contributed by atoms with van der Waals surface area (Å²) in [7, 11) is 0. The van der Waals surface area contributed by atoms with Gasteiger partial charge in [0.05, 0.1) is 0 Å². The van der Waals surface area contributed by atoms with E-state index in [1.807, 2.05) is 26.0 Å². The summed E-state index contributed by atoms with van der Waals surface area (Å²) < 4.78 is 0. The first-order valence-electron chi connectivity index (χ1n) is 5.75. The SMILES string of the molecule is CCC(C)C(NCc1ccc(Cl)cc1)C(=O)O. The number of hydrogen-bond donors (Lipinski definition) is 2. The van der Waals surface area contributed by atoms with E-state index in [0.717, 1.165) is 12.0 Å². The molecule has 0 aliphatic rings. The van der Waals surface area contributed by atoms with E-state index in [1.165, 1.54) is 0 Å². The Balaban J connectivity index is 2.57. The maximum atomic E-state index is 11.1. The summed E-state index contributed by atoms with van der Waals surface area (Å²) in [5.74, 6) is -0.687. The van der Waals surface area contributed by atoms with Crippen LogP contribution in [0.2, 0.25) is 5.02 Å². The molecular weight excluding hydrogens is 238 g/mol. The second kappa shape index (κ2) is 6.62. The Morgan fingerprint density at radius 2 is 2.00 bits per heavy atom. The Labute approximate surface area is 107 Å². The van der Waals surface area contributed by atoms with Crippen molar-refractivity contribution < 1.29 is 9.90 Å². The number of carboxylic acid groups (broad SMARTS) is 1. The molecule has 0 saturated carbocycles. The fourth-order valence-corrected chi connectivity index (χ4v) is 1.72. The molecule has 1 aromatic rings. The standard InChI is InChI=1S/C13H18ClNO2/c1-3-9(2)12(13(16)17)15-8-10-4-6-11(14)7-5-10/h4-7,9,12,15H,3,8H2,1-2H3,(H,16,17). The van der Waals surface area contributed by atoms with Gasteiger partial charge in [-0.15, -0.1) is 0 Å². The van der Waals surface area contributed by atoms with E-state index in [9.17, 15) is 4.79 Å². The van der Waals surface area contributed by atoms with Crippen LogP contribution in [0.4, 0.5) is 0 Å². The van der Waals surface area contributed by atoms with Gasteiger partial charge in [-0.05, 0) is 23.6 Å². The van der Waals surface area contributed by atoms with Crippen molar-refractivity contribution in [2.24, 2.45) is 5.92 Å². The molecule has 1 aromatic carbocycles. The largest absolute Gasteiger partial charge is 0.480 e. The molecule has 0 aliphatic heterocycles. The minimum Gasteiger partial charge on any atom is -0.480 e. The molecule has 4 heteroatoms. The van der Waals surface area contributed by atoms with Crippen LogP contribution in [0, 0.1) is 5.92 Å². The van der Waals surface area contributed by atoms with E-state index in [2.05, 4.69) is 5.32 Å². The van der Waals surface area contributed by atoms with Crippen LogP contribution >= 0.6 is 11.6 Å². The van der Waals surface area contributed by atoms with Gasteiger partial charge in [-0.1, -0.05) is 44.0 Å². The van der Waals surface area contributed by atoms with Crippen molar-refractivity contribution in [3.63, 3.8) is 0 Å². The molecule has 94 valence electrons. The highest BCUT2D eigenvalue weighted by Crippen LogP contribution is 2.11. The molecule has 0 spiro atoms. The fraction of sp³-hybridized carbons (Fsp3) is 0.462. The molecule has 0 amide bonds. The van der Waals surface area contributed by atoms with Crippen LogP contribution in [0.15, 0.2) is 24.3 Å². The lowest BCUT2D eigenvalue weighted by molar-refractivity contribution is -0.140. The Bertz CT molecular complexity index is 364. The van der Waals surface area contributed by atoms with Crippen LogP contribution in [0.3, 0.4) is 0 Å². The summed E-state index contributed by atoms with van der Waals surface area (Å²) in [5, 5.41) is 12.9. The number of halogens is 1. The number of carbonyl (C=O) groups is 1. The van der Waals surface area contributed by atoms with E-state index in [-0.39, 0.29) is 5.92 Å². The summed E-state index contributed by atoms with van der Waals surface area (Å²) in [5.41, 5.74) is 1.03. The highest BCUT2D eigenvalue weighted by molar-refractivity contribution is 6.30.